The van der Waals surface area contributed by atoms with Crippen LogP contribution in [0.5, 0.6) is 0 Å². The van der Waals surface area contributed by atoms with E-state index in [2.05, 4.69) is 42.3 Å². The number of nitrogens with two attached hydrogens (primary N) is 1. The van der Waals surface area contributed by atoms with Crippen LogP contribution in [0.15, 0.2) is 24.4 Å². The van der Waals surface area contributed by atoms with Crippen LogP contribution in [-0.2, 0) is 17.6 Å². The molecule has 0 fully saturated rings. The van der Waals surface area contributed by atoms with Crippen LogP contribution >= 0.6 is 12.4 Å². The average Bonchev–Trinajstić information content (AvgIpc) is 2.96. The predicted molar refractivity (Wildman–Crippen MR) is 99.1 cm³/mol. The SMILES string of the molecule is CCc1cccc2c(CCNC(=O)C(N)C(C)CC)c[nH]c12.Cl. The van der Waals surface area contributed by atoms with Crippen LogP contribution in [0.4, 0.5) is 0 Å². The van der Waals surface area contributed by atoms with E-state index in [0.29, 0.717) is 6.54 Å². The van der Waals surface area contributed by atoms with Gasteiger partial charge in [-0.3, -0.25) is 4.79 Å². The third-order valence-electron chi connectivity index (χ3n) is 4.52. The minimum Gasteiger partial charge on any atom is -0.361 e. The molecule has 4 N–H and O–H groups in total. The Morgan fingerprint density at radius 3 is 2.70 bits per heavy atom. The number of benzene rings is 1. The smallest absolute Gasteiger partial charge is 0.237 e. The number of fused-ring (bicyclic) bond motifs is 1. The number of aromatic nitrogens is 1. The summed E-state index contributed by atoms with van der Waals surface area (Å²) in [7, 11) is 0. The van der Waals surface area contributed by atoms with E-state index >= 15 is 0 Å². The summed E-state index contributed by atoms with van der Waals surface area (Å²) < 4.78 is 0. The molecule has 5 heteroatoms. The van der Waals surface area contributed by atoms with Crippen molar-refractivity contribution >= 4 is 29.2 Å². The summed E-state index contributed by atoms with van der Waals surface area (Å²) in [5, 5.41) is 4.20. The first kappa shape index (κ1) is 19.5. The Kier molecular flexibility index (Phi) is 7.59. The van der Waals surface area contributed by atoms with Crippen LogP contribution in [0.1, 0.15) is 38.3 Å². The summed E-state index contributed by atoms with van der Waals surface area (Å²) >= 11 is 0. The van der Waals surface area contributed by atoms with Gasteiger partial charge in [-0.2, -0.15) is 0 Å². The van der Waals surface area contributed by atoms with Crippen molar-refractivity contribution in [2.75, 3.05) is 6.54 Å². The Bertz CT molecular complexity index is 638. The van der Waals surface area contributed by atoms with E-state index in [-0.39, 0.29) is 24.2 Å². The highest BCUT2D eigenvalue weighted by Gasteiger charge is 2.18. The van der Waals surface area contributed by atoms with E-state index in [4.69, 9.17) is 5.73 Å². The molecule has 2 unspecified atom stereocenters. The minimum absolute atomic E-state index is 0. The first-order chi connectivity index (χ1) is 10.6. The summed E-state index contributed by atoms with van der Waals surface area (Å²) in [6.07, 6.45) is 4.78. The number of carbonyl (C=O) groups is 1. The summed E-state index contributed by atoms with van der Waals surface area (Å²) in [5.41, 5.74) is 9.72. The van der Waals surface area contributed by atoms with Crippen molar-refractivity contribution in [3.63, 3.8) is 0 Å². The molecule has 1 aromatic heterocycles. The Labute approximate surface area is 144 Å². The molecule has 0 aliphatic rings. The number of aryl methyl sites for hydroxylation is 1. The van der Waals surface area contributed by atoms with Gasteiger partial charge in [0.15, 0.2) is 0 Å². The maximum absolute atomic E-state index is 12.0. The van der Waals surface area contributed by atoms with Crippen LogP contribution in [0, 0.1) is 5.92 Å². The minimum atomic E-state index is -0.417. The fourth-order valence-electron chi connectivity index (χ4n) is 2.73. The van der Waals surface area contributed by atoms with Crippen molar-refractivity contribution in [1.82, 2.24) is 10.3 Å². The number of carbonyl (C=O) groups excluding carboxylic acids is 1. The molecule has 0 radical (unpaired) electrons. The molecule has 1 aromatic carbocycles. The van der Waals surface area contributed by atoms with Gasteiger partial charge in [0, 0.05) is 23.6 Å². The van der Waals surface area contributed by atoms with Crippen molar-refractivity contribution in [1.29, 1.82) is 0 Å². The molecule has 4 nitrogen and oxygen atoms in total. The lowest BCUT2D eigenvalue weighted by molar-refractivity contribution is -0.123. The second-order valence-corrected chi connectivity index (χ2v) is 5.96. The maximum Gasteiger partial charge on any atom is 0.237 e. The van der Waals surface area contributed by atoms with Gasteiger partial charge in [-0.05, 0) is 29.9 Å². The second kappa shape index (κ2) is 8.94. The number of hydrogen-bond donors (Lipinski definition) is 3. The lowest BCUT2D eigenvalue weighted by atomic mass is 9.99. The Morgan fingerprint density at radius 2 is 2.04 bits per heavy atom. The monoisotopic (exact) mass is 337 g/mol. The summed E-state index contributed by atoms with van der Waals surface area (Å²) in [6, 6.07) is 5.96. The number of halogens is 1. The van der Waals surface area contributed by atoms with Crippen molar-refractivity contribution < 1.29 is 4.79 Å². The molecular formula is C18H28ClN3O. The van der Waals surface area contributed by atoms with Gasteiger partial charge >= 0.3 is 0 Å². The fourth-order valence-corrected chi connectivity index (χ4v) is 2.73. The molecule has 0 spiro atoms. The normalized spacial score (nSPS) is 13.4. The number of aromatic amines is 1. The van der Waals surface area contributed by atoms with Gasteiger partial charge in [-0.25, -0.2) is 0 Å². The lowest BCUT2D eigenvalue weighted by Gasteiger charge is -2.17. The third-order valence-corrected chi connectivity index (χ3v) is 4.52. The van der Waals surface area contributed by atoms with Crippen LogP contribution in [0.25, 0.3) is 10.9 Å². The molecule has 2 atom stereocenters. The zero-order valence-electron chi connectivity index (χ0n) is 14.2. The third kappa shape index (κ3) is 4.49. The highest BCUT2D eigenvalue weighted by Crippen LogP contribution is 2.22. The molecule has 0 saturated heterocycles. The lowest BCUT2D eigenvalue weighted by Crippen LogP contribution is -2.45. The molecule has 1 amide bonds. The molecule has 0 saturated carbocycles. The number of H-pyrrole nitrogens is 1. The van der Waals surface area contributed by atoms with Crippen molar-refractivity contribution in [2.45, 2.75) is 46.1 Å². The van der Waals surface area contributed by atoms with E-state index in [1.54, 1.807) is 0 Å². The average molecular weight is 338 g/mol. The summed E-state index contributed by atoms with van der Waals surface area (Å²) in [4.78, 5) is 15.4. The van der Waals surface area contributed by atoms with Crippen molar-refractivity contribution in [3.05, 3.63) is 35.5 Å². The van der Waals surface area contributed by atoms with E-state index in [1.807, 2.05) is 13.1 Å². The highest BCUT2D eigenvalue weighted by molar-refractivity contribution is 5.86. The van der Waals surface area contributed by atoms with Crippen LogP contribution in [-0.4, -0.2) is 23.5 Å². The van der Waals surface area contributed by atoms with Gasteiger partial charge in [0.05, 0.1) is 6.04 Å². The molecule has 0 bridgehead atoms. The zero-order valence-corrected chi connectivity index (χ0v) is 15.0. The van der Waals surface area contributed by atoms with Gasteiger partial charge in [0.1, 0.15) is 0 Å². The summed E-state index contributed by atoms with van der Waals surface area (Å²) in [5.74, 6) is 0.156. The largest absolute Gasteiger partial charge is 0.361 e. The van der Waals surface area contributed by atoms with Gasteiger partial charge in [0.2, 0.25) is 5.91 Å². The Hall–Kier alpha value is -1.52. The molecular weight excluding hydrogens is 310 g/mol. The topological polar surface area (TPSA) is 70.9 Å². The summed E-state index contributed by atoms with van der Waals surface area (Å²) in [6.45, 7) is 6.84. The zero-order chi connectivity index (χ0) is 16.1. The number of para-hydroxylation sites is 1. The van der Waals surface area contributed by atoms with Crippen LogP contribution in [0.2, 0.25) is 0 Å². The fraction of sp³-hybridized carbons (Fsp3) is 0.500. The molecule has 1 heterocycles. The number of rotatable bonds is 7. The van der Waals surface area contributed by atoms with Gasteiger partial charge in [-0.15, -0.1) is 12.4 Å². The maximum atomic E-state index is 12.0. The molecule has 23 heavy (non-hydrogen) atoms. The van der Waals surface area contributed by atoms with Crippen molar-refractivity contribution in [2.24, 2.45) is 11.7 Å². The van der Waals surface area contributed by atoms with Crippen LogP contribution in [0.3, 0.4) is 0 Å². The number of nitrogens with one attached hydrogen (secondary N) is 2. The molecule has 2 rings (SSSR count). The van der Waals surface area contributed by atoms with Gasteiger partial charge in [0.25, 0.3) is 0 Å². The van der Waals surface area contributed by atoms with Crippen LogP contribution < -0.4 is 11.1 Å². The van der Waals surface area contributed by atoms with E-state index in [9.17, 15) is 4.79 Å². The quantitative estimate of drug-likeness (QED) is 0.726. The van der Waals surface area contributed by atoms with Gasteiger partial charge in [-0.1, -0.05) is 45.4 Å². The Balaban J connectivity index is 0.00000264. The number of hydrogen-bond acceptors (Lipinski definition) is 2. The Morgan fingerprint density at radius 1 is 1.30 bits per heavy atom. The molecule has 2 aromatic rings. The van der Waals surface area contributed by atoms with Crippen molar-refractivity contribution in [3.8, 4) is 0 Å². The first-order valence-electron chi connectivity index (χ1n) is 8.19. The molecule has 0 aliphatic heterocycles. The number of amides is 1. The van der Waals surface area contributed by atoms with E-state index in [1.165, 1.54) is 22.0 Å². The first-order valence-corrected chi connectivity index (χ1v) is 8.19. The molecule has 128 valence electrons. The molecule has 0 aliphatic carbocycles. The van der Waals surface area contributed by atoms with E-state index < -0.39 is 6.04 Å². The highest BCUT2D eigenvalue weighted by atomic mass is 35.5. The van der Waals surface area contributed by atoms with Gasteiger partial charge < -0.3 is 16.0 Å². The second-order valence-electron chi connectivity index (χ2n) is 5.96. The standard InChI is InChI=1S/C18H27N3O.ClH/c1-4-12(3)16(19)18(22)20-10-9-14-11-21-17-13(5-2)7-6-8-15(14)17;/h6-8,11-12,16,21H,4-5,9-10,19H2,1-3H3,(H,20,22);1H. The van der Waals surface area contributed by atoms with E-state index in [0.717, 1.165) is 19.3 Å². The predicted octanol–water partition coefficient (Wildman–Crippen LogP) is 3.18.